The minimum absolute atomic E-state index is 0.331. The first-order valence-electron chi connectivity index (χ1n) is 7.71. The molecule has 0 saturated carbocycles. The van der Waals surface area contributed by atoms with Gasteiger partial charge in [-0.2, -0.15) is 0 Å². The van der Waals surface area contributed by atoms with Crippen LogP contribution in [0.15, 0.2) is 18.2 Å². The van der Waals surface area contributed by atoms with Crippen LogP contribution >= 0.6 is 11.6 Å². The number of benzene rings is 1. The number of hydrogen-bond donors (Lipinski definition) is 0. The lowest BCUT2D eigenvalue weighted by atomic mass is 10.1. The highest BCUT2D eigenvalue weighted by molar-refractivity contribution is 6.33. The molecule has 0 N–H and O–H groups in total. The number of nitrogens with zero attached hydrogens (tertiary/aromatic N) is 1. The molecule has 1 aromatic carbocycles. The minimum atomic E-state index is -0.548. The van der Waals surface area contributed by atoms with Crippen LogP contribution in [0.3, 0.4) is 0 Å². The smallest absolute Gasteiger partial charge is 0.413 e. The highest BCUT2D eigenvalue weighted by Gasteiger charge is 2.31. The van der Waals surface area contributed by atoms with Crippen molar-refractivity contribution in [3.05, 3.63) is 28.8 Å². The molecule has 1 heterocycles. The molecular weight excluding hydrogens is 318 g/mol. The van der Waals surface area contributed by atoms with E-state index in [1.807, 2.05) is 20.8 Å². The number of likely N-dealkylation sites (tertiary alicyclic amines) is 1. The Hall–Kier alpha value is -1.75. The molecule has 1 unspecified atom stereocenters. The predicted octanol–water partition coefficient (Wildman–Crippen LogP) is 4.28. The molecule has 1 saturated heterocycles. The molecule has 1 aromatic rings. The number of ether oxygens (including phenoxy) is 2. The zero-order chi connectivity index (χ0) is 17.0. The molecule has 1 fully saturated rings. The first kappa shape index (κ1) is 17.6. The second-order valence-electron chi connectivity index (χ2n) is 6.54. The predicted molar refractivity (Wildman–Crippen MR) is 88.0 cm³/mol. The fraction of sp³-hybridized carbons (Fsp3) is 0.529. The van der Waals surface area contributed by atoms with Crippen molar-refractivity contribution in [2.45, 2.75) is 51.9 Å². The molecule has 5 nitrogen and oxygen atoms in total. The monoisotopic (exact) mass is 339 g/mol. The summed E-state index contributed by atoms with van der Waals surface area (Å²) >= 11 is 6.02. The van der Waals surface area contributed by atoms with Crippen LogP contribution in [-0.2, 0) is 4.74 Å². The average molecular weight is 340 g/mol. The molecule has 0 radical (unpaired) electrons. The van der Waals surface area contributed by atoms with Crippen molar-refractivity contribution in [1.82, 2.24) is 4.90 Å². The Bertz CT molecular complexity index is 582. The summed E-state index contributed by atoms with van der Waals surface area (Å²) < 4.78 is 11.3. The number of rotatable bonds is 3. The van der Waals surface area contributed by atoms with Crippen molar-refractivity contribution in [1.29, 1.82) is 0 Å². The largest absolute Gasteiger partial charge is 0.470 e. The first-order chi connectivity index (χ1) is 10.8. The van der Waals surface area contributed by atoms with Crippen molar-refractivity contribution in [3.63, 3.8) is 0 Å². The summed E-state index contributed by atoms with van der Waals surface area (Å²) in [6.45, 7) is 6.10. The van der Waals surface area contributed by atoms with Crippen LogP contribution in [0.25, 0.3) is 0 Å². The highest BCUT2D eigenvalue weighted by Crippen LogP contribution is 2.26. The van der Waals surface area contributed by atoms with E-state index in [0.29, 0.717) is 29.2 Å². The van der Waals surface area contributed by atoms with E-state index in [1.165, 1.54) is 0 Å². The highest BCUT2D eigenvalue weighted by atomic mass is 35.5. The van der Waals surface area contributed by atoms with Crippen LogP contribution in [0.1, 0.15) is 50.4 Å². The molecule has 1 amide bonds. The van der Waals surface area contributed by atoms with Gasteiger partial charge in [0.2, 0.25) is 0 Å². The van der Waals surface area contributed by atoms with E-state index in [4.69, 9.17) is 21.1 Å². The first-order valence-corrected chi connectivity index (χ1v) is 8.09. The Labute approximate surface area is 141 Å². The third kappa shape index (κ3) is 4.86. The molecule has 1 aliphatic rings. The van der Waals surface area contributed by atoms with E-state index in [1.54, 1.807) is 23.1 Å². The van der Waals surface area contributed by atoms with Gasteiger partial charge < -0.3 is 9.47 Å². The number of piperidine rings is 1. The number of carbonyl (C=O) groups is 2. The Balaban J connectivity index is 2.10. The van der Waals surface area contributed by atoms with E-state index in [9.17, 15) is 9.59 Å². The van der Waals surface area contributed by atoms with Gasteiger partial charge in [0, 0.05) is 18.5 Å². The fourth-order valence-corrected chi connectivity index (χ4v) is 2.60. The molecule has 0 spiro atoms. The van der Waals surface area contributed by atoms with Crippen LogP contribution in [0, 0.1) is 0 Å². The molecule has 1 atom stereocenters. The van der Waals surface area contributed by atoms with Crippen molar-refractivity contribution in [2.75, 3.05) is 6.54 Å². The topological polar surface area (TPSA) is 55.8 Å². The van der Waals surface area contributed by atoms with Crippen LogP contribution in [0.5, 0.6) is 5.75 Å². The van der Waals surface area contributed by atoms with Crippen LogP contribution < -0.4 is 4.74 Å². The summed E-state index contributed by atoms with van der Waals surface area (Å²) in [5.74, 6) is 0.529. The normalized spacial score (nSPS) is 18.4. The zero-order valence-electron chi connectivity index (χ0n) is 13.7. The molecule has 2 rings (SSSR count). The van der Waals surface area contributed by atoms with Crippen molar-refractivity contribution in [2.24, 2.45) is 0 Å². The van der Waals surface area contributed by atoms with Crippen LogP contribution in [-0.4, -0.2) is 35.7 Å². The average Bonchev–Trinajstić information content (AvgIpc) is 2.46. The Morgan fingerprint density at radius 3 is 2.70 bits per heavy atom. The van der Waals surface area contributed by atoms with Gasteiger partial charge in [-0.25, -0.2) is 4.79 Å². The van der Waals surface area contributed by atoms with Crippen LogP contribution in [0.2, 0.25) is 5.02 Å². The Morgan fingerprint density at radius 1 is 1.35 bits per heavy atom. The molecular formula is C17H22ClNO4. The van der Waals surface area contributed by atoms with E-state index >= 15 is 0 Å². The molecule has 0 aromatic heterocycles. The third-order valence-electron chi connectivity index (χ3n) is 3.45. The lowest BCUT2D eigenvalue weighted by Crippen LogP contribution is -2.48. The molecule has 0 bridgehead atoms. The summed E-state index contributed by atoms with van der Waals surface area (Å²) in [7, 11) is 0. The lowest BCUT2D eigenvalue weighted by molar-refractivity contribution is -0.0341. The number of halogens is 1. The lowest BCUT2D eigenvalue weighted by Gasteiger charge is -2.36. The van der Waals surface area contributed by atoms with Gasteiger partial charge in [0.25, 0.3) is 0 Å². The van der Waals surface area contributed by atoms with Gasteiger partial charge in [0.15, 0.2) is 12.5 Å². The molecule has 6 heteroatoms. The number of hydrogen-bond acceptors (Lipinski definition) is 4. The minimum Gasteiger partial charge on any atom is -0.470 e. The summed E-state index contributed by atoms with van der Waals surface area (Å²) in [6.07, 6.45) is 2.55. The molecule has 1 aliphatic heterocycles. The summed E-state index contributed by atoms with van der Waals surface area (Å²) in [4.78, 5) is 24.7. The van der Waals surface area contributed by atoms with Crippen molar-refractivity contribution in [3.8, 4) is 5.75 Å². The summed E-state index contributed by atoms with van der Waals surface area (Å²) in [5, 5.41) is 0.331. The van der Waals surface area contributed by atoms with E-state index in [0.717, 1.165) is 19.3 Å². The fourth-order valence-electron chi connectivity index (χ4n) is 2.39. The maximum Gasteiger partial charge on any atom is 0.413 e. The van der Waals surface area contributed by atoms with Gasteiger partial charge >= 0.3 is 6.09 Å². The summed E-state index contributed by atoms with van der Waals surface area (Å²) in [5.41, 5.74) is -0.139. The SMILES string of the molecule is CC(C)(C)OC(=O)N1CCCCC1Oc1ccc(C=O)c(Cl)c1. The van der Waals surface area contributed by atoms with Crippen LogP contribution in [0.4, 0.5) is 4.79 Å². The van der Waals surface area contributed by atoms with Gasteiger partial charge in [-0.05, 0) is 51.8 Å². The molecule has 126 valence electrons. The van der Waals surface area contributed by atoms with Gasteiger partial charge in [-0.15, -0.1) is 0 Å². The van der Waals surface area contributed by atoms with E-state index < -0.39 is 11.8 Å². The molecule has 0 aliphatic carbocycles. The summed E-state index contributed by atoms with van der Waals surface area (Å²) in [6, 6.07) is 4.87. The second kappa shape index (κ2) is 7.21. The number of carbonyl (C=O) groups excluding carboxylic acids is 2. The standard InChI is InChI=1S/C17H22ClNO4/c1-17(2,3)23-16(21)19-9-5-4-6-15(19)22-13-8-7-12(11-20)14(18)10-13/h7-8,10-11,15H,4-6,9H2,1-3H3. The molecule has 23 heavy (non-hydrogen) atoms. The second-order valence-corrected chi connectivity index (χ2v) is 6.95. The van der Waals surface area contributed by atoms with Gasteiger partial charge in [0.05, 0.1) is 5.02 Å². The maximum atomic E-state index is 12.3. The quantitative estimate of drug-likeness (QED) is 0.771. The van der Waals surface area contributed by atoms with Gasteiger partial charge in [0.1, 0.15) is 11.4 Å². The van der Waals surface area contributed by atoms with Crippen molar-refractivity contribution < 1.29 is 19.1 Å². The van der Waals surface area contributed by atoms with Gasteiger partial charge in [-0.1, -0.05) is 11.6 Å². The van der Waals surface area contributed by atoms with E-state index in [-0.39, 0.29) is 6.09 Å². The maximum absolute atomic E-state index is 12.3. The number of aldehydes is 1. The van der Waals surface area contributed by atoms with Gasteiger partial charge in [-0.3, -0.25) is 9.69 Å². The van der Waals surface area contributed by atoms with Crippen molar-refractivity contribution >= 4 is 24.0 Å². The van der Waals surface area contributed by atoms with E-state index in [2.05, 4.69) is 0 Å². The Kier molecular flexibility index (Phi) is 5.52. The number of amides is 1. The third-order valence-corrected chi connectivity index (χ3v) is 3.77. The Morgan fingerprint density at radius 2 is 2.09 bits per heavy atom. The zero-order valence-corrected chi connectivity index (χ0v) is 14.4.